The van der Waals surface area contributed by atoms with Crippen LogP contribution in [-0.4, -0.2) is 41.7 Å². The van der Waals surface area contributed by atoms with E-state index in [-0.39, 0.29) is 11.8 Å². The summed E-state index contributed by atoms with van der Waals surface area (Å²) in [5.41, 5.74) is -0.0728. The van der Waals surface area contributed by atoms with Gasteiger partial charge in [0.2, 0.25) is 0 Å². The third-order valence-corrected chi connectivity index (χ3v) is 3.53. The Hall–Kier alpha value is -1.83. The first kappa shape index (κ1) is 19.2. The average Bonchev–Trinajstić information content (AvgIpc) is 2.42. The summed E-state index contributed by atoms with van der Waals surface area (Å²) in [7, 11) is 1.66. The molecule has 1 aromatic carbocycles. The summed E-state index contributed by atoms with van der Waals surface area (Å²) in [5.74, 6) is 0. The first-order valence-corrected chi connectivity index (χ1v) is 8.02. The van der Waals surface area contributed by atoms with Crippen molar-refractivity contribution in [2.24, 2.45) is 0 Å². The van der Waals surface area contributed by atoms with Gasteiger partial charge in [0, 0.05) is 30.7 Å². The Labute approximate surface area is 144 Å². The number of carbonyl (C=O) groups is 1. The number of halogens is 1. The van der Waals surface area contributed by atoms with Crippen LogP contribution in [0.5, 0.6) is 0 Å². The first-order valence-electron chi connectivity index (χ1n) is 7.22. The van der Waals surface area contributed by atoms with E-state index in [1.807, 2.05) is 20.8 Å². The summed E-state index contributed by atoms with van der Waals surface area (Å²) in [4.78, 5) is 23.9. The maximum Gasteiger partial charge on any atom is 0.410 e. The van der Waals surface area contributed by atoms with Crippen LogP contribution >= 0.6 is 15.9 Å². The zero-order chi connectivity index (χ0) is 17.6. The molecule has 1 rings (SSSR count). The summed E-state index contributed by atoms with van der Waals surface area (Å²) in [5, 5.41) is 14.1. The van der Waals surface area contributed by atoms with E-state index >= 15 is 0 Å². The highest BCUT2D eigenvalue weighted by atomic mass is 79.9. The summed E-state index contributed by atoms with van der Waals surface area (Å²) >= 11 is 3.30. The number of nitro benzene ring substituents is 1. The van der Waals surface area contributed by atoms with Gasteiger partial charge in [0.25, 0.3) is 5.69 Å². The summed E-state index contributed by atoms with van der Waals surface area (Å²) in [6, 6.07) is 4.80. The smallest absolute Gasteiger partial charge is 0.410 e. The van der Waals surface area contributed by atoms with Crippen molar-refractivity contribution in [2.45, 2.75) is 32.8 Å². The van der Waals surface area contributed by atoms with Crippen LogP contribution in [0.2, 0.25) is 0 Å². The lowest BCUT2D eigenvalue weighted by Crippen LogP contribution is -2.35. The fourth-order valence-corrected chi connectivity index (χ4v) is 2.30. The highest BCUT2D eigenvalue weighted by molar-refractivity contribution is 9.10. The molecule has 23 heavy (non-hydrogen) atoms. The molecule has 1 N–H and O–H groups in total. The highest BCUT2D eigenvalue weighted by Gasteiger charge is 2.19. The number of hydrogen-bond acceptors (Lipinski definition) is 5. The van der Waals surface area contributed by atoms with E-state index in [9.17, 15) is 14.9 Å². The summed E-state index contributed by atoms with van der Waals surface area (Å²) < 4.78 is 5.89. The molecule has 0 aliphatic rings. The molecule has 0 bridgehead atoms. The molecule has 1 amide bonds. The largest absolute Gasteiger partial charge is 0.444 e. The Kier molecular flexibility index (Phi) is 6.80. The third-order valence-electron chi connectivity index (χ3n) is 2.87. The maximum absolute atomic E-state index is 11.8. The van der Waals surface area contributed by atoms with E-state index in [1.54, 1.807) is 19.2 Å². The maximum atomic E-state index is 11.8. The number of anilines is 1. The SMILES string of the molecule is CN(CCCNc1c(Br)cccc1[N+](=O)[O-])C(=O)OC(C)(C)C. The van der Waals surface area contributed by atoms with Gasteiger partial charge in [-0.3, -0.25) is 10.1 Å². The number of carbonyl (C=O) groups excluding carboxylic acids is 1. The number of rotatable bonds is 6. The second-order valence-electron chi connectivity index (χ2n) is 6.07. The molecule has 0 heterocycles. The van der Waals surface area contributed by atoms with Gasteiger partial charge >= 0.3 is 6.09 Å². The minimum Gasteiger partial charge on any atom is -0.444 e. The Bertz CT molecular complexity index is 572. The molecule has 0 fully saturated rings. The predicted molar refractivity (Wildman–Crippen MR) is 92.8 cm³/mol. The van der Waals surface area contributed by atoms with Gasteiger partial charge in [-0.05, 0) is 49.2 Å². The van der Waals surface area contributed by atoms with Crippen molar-refractivity contribution in [3.63, 3.8) is 0 Å². The monoisotopic (exact) mass is 387 g/mol. The zero-order valence-electron chi connectivity index (χ0n) is 13.8. The van der Waals surface area contributed by atoms with E-state index in [1.165, 1.54) is 11.0 Å². The molecule has 0 atom stereocenters. The zero-order valence-corrected chi connectivity index (χ0v) is 15.3. The fourth-order valence-electron chi connectivity index (χ4n) is 1.80. The summed E-state index contributed by atoms with van der Waals surface area (Å²) in [6.45, 7) is 6.42. The molecular weight excluding hydrogens is 366 g/mol. The lowest BCUT2D eigenvalue weighted by Gasteiger charge is -2.24. The molecule has 128 valence electrons. The number of hydrogen-bond donors (Lipinski definition) is 1. The van der Waals surface area contributed by atoms with E-state index < -0.39 is 10.5 Å². The van der Waals surface area contributed by atoms with Crippen molar-refractivity contribution in [2.75, 3.05) is 25.5 Å². The van der Waals surface area contributed by atoms with Crippen molar-refractivity contribution >= 4 is 33.4 Å². The van der Waals surface area contributed by atoms with Crippen LogP contribution < -0.4 is 5.32 Å². The quantitative estimate of drug-likeness (QED) is 0.452. The number of nitro groups is 1. The Morgan fingerprint density at radius 2 is 2.09 bits per heavy atom. The van der Waals surface area contributed by atoms with Gasteiger partial charge in [0.15, 0.2) is 0 Å². The van der Waals surface area contributed by atoms with Crippen LogP contribution in [-0.2, 0) is 4.74 Å². The molecule has 7 nitrogen and oxygen atoms in total. The van der Waals surface area contributed by atoms with Crippen LogP contribution in [0.15, 0.2) is 22.7 Å². The second-order valence-corrected chi connectivity index (χ2v) is 6.93. The number of nitrogens with zero attached hydrogens (tertiary/aromatic N) is 2. The van der Waals surface area contributed by atoms with Gasteiger partial charge in [-0.15, -0.1) is 0 Å². The van der Waals surface area contributed by atoms with Crippen molar-refractivity contribution in [3.8, 4) is 0 Å². The van der Waals surface area contributed by atoms with Crippen LogP contribution in [0.3, 0.4) is 0 Å². The molecule has 0 aliphatic carbocycles. The molecule has 1 aromatic rings. The van der Waals surface area contributed by atoms with Gasteiger partial charge in [0.05, 0.1) is 4.92 Å². The lowest BCUT2D eigenvalue weighted by molar-refractivity contribution is -0.384. The van der Waals surface area contributed by atoms with Gasteiger partial charge in [-0.2, -0.15) is 0 Å². The Balaban J connectivity index is 2.50. The van der Waals surface area contributed by atoms with Crippen molar-refractivity contribution in [1.82, 2.24) is 4.90 Å². The number of nitrogens with one attached hydrogen (secondary N) is 1. The molecule has 8 heteroatoms. The van der Waals surface area contributed by atoms with Crippen LogP contribution in [0.4, 0.5) is 16.2 Å². The van der Waals surface area contributed by atoms with E-state index in [4.69, 9.17) is 4.74 Å². The van der Waals surface area contributed by atoms with E-state index in [2.05, 4.69) is 21.2 Å². The standard InChI is InChI=1S/C15H22BrN3O4/c1-15(2,3)23-14(20)18(4)10-6-9-17-13-11(16)7-5-8-12(13)19(21)22/h5,7-8,17H,6,9-10H2,1-4H3. The third kappa shape index (κ3) is 6.43. The van der Waals surface area contributed by atoms with Crippen molar-refractivity contribution in [3.05, 3.63) is 32.8 Å². The molecule has 0 saturated heterocycles. The highest BCUT2D eigenvalue weighted by Crippen LogP contribution is 2.31. The molecule has 0 aliphatic heterocycles. The number of amides is 1. The van der Waals surface area contributed by atoms with Crippen LogP contribution in [0.1, 0.15) is 27.2 Å². The minimum atomic E-state index is -0.529. The van der Waals surface area contributed by atoms with Gasteiger partial charge in [-0.1, -0.05) is 6.07 Å². The van der Waals surface area contributed by atoms with Gasteiger partial charge < -0.3 is 15.0 Å². The summed E-state index contributed by atoms with van der Waals surface area (Å²) in [6.07, 6.45) is 0.248. The Morgan fingerprint density at radius 1 is 1.43 bits per heavy atom. The van der Waals surface area contributed by atoms with Gasteiger partial charge in [0.1, 0.15) is 11.3 Å². The second kappa shape index (κ2) is 8.14. The number of benzene rings is 1. The molecule has 0 saturated carbocycles. The van der Waals surface area contributed by atoms with E-state index in [0.717, 1.165) is 0 Å². The average molecular weight is 388 g/mol. The van der Waals surface area contributed by atoms with Crippen LogP contribution in [0.25, 0.3) is 0 Å². The molecule has 0 radical (unpaired) electrons. The minimum absolute atomic E-state index is 0.0138. The fraction of sp³-hybridized carbons (Fsp3) is 0.533. The van der Waals surface area contributed by atoms with E-state index in [0.29, 0.717) is 29.7 Å². The number of para-hydroxylation sites is 1. The van der Waals surface area contributed by atoms with Gasteiger partial charge in [-0.25, -0.2) is 4.79 Å². The van der Waals surface area contributed by atoms with Crippen molar-refractivity contribution < 1.29 is 14.5 Å². The topological polar surface area (TPSA) is 84.7 Å². The van der Waals surface area contributed by atoms with Crippen LogP contribution in [0, 0.1) is 10.1 Å². The molecular formula is C15H22BrN3O4. The number of ether oxygens (including phenoxy) is 1. The first-order chi connectivity index (χ1) is 10.6. The molecule has 0 aromatic heterocycles. The Morgan fingerprint density at radius 3 is 2.65 bits per heavy atom. The lowest BCUT2D eigenvalue weighted by atomic mass is 10.2. The molecule has 0 spiro atoms. The van der Waals surface area contributed by atoms with Crippen molar-refractivity contribution in [1.29, 1.82) is 0 Å². The molecule has 0 unspecified atom stereocenters. The normalized spacial score (nSPS) is 11.0. The predicted octanol–water partition coefficient (Wildman–Crippen LogP) is 4.03.